The van der Waals surface area contributed by atoms with Crippen molar-refractivity contribution in [3.8, 4) is 0 Å². The quantitative estimate of drug-likeness (QED) is 0.912. The molecule has 7 heteroatoms. The molecular formula is C15H16N4O2S. The zero-order chi connectivity index (χ0) is 15.5. The smallest absolute Gasteiger partial charge is 0.270 e. The van der Waals surface area contributed by atoms with Crippen LogP contribution in [0.15, 0.2) is 29.8 Å². The lowest BCUT2D eigenvalue weighted by Gasteiger charge is -2.19. The van der Waals surface area contributed by atoms with Crippen LogP contribution in [-0.2, 0) is 4.79 Å². The molecule has 1 aliphatic rings. The predicted octanol–water partition coefficient (Wildman–Crippen LogP) is 1.77. The van der Waals surface area contributed by atoms with Crippen LogP contribution in [-0.4, -0.2) is 34.4 Å². The molecule has 0 bridgehead atoms. The highest BCUT2D eigenvalue weighted by Gasteiger charge is 2.35. The maximum Gasteiger partial charge on any atom is 0.270 e. The summed E-state index contributed by atoms with van der Waals surface area (Å²) in [5.41, 5.74) is 1.20. The van der Waals surface area contributed by atoms with Crippen LogP contribution in [0.5, 0.6) is 0 Å². The summed E-state index contributed by atoms with van der Waals surface area (Å²) in [5.74, 6) is -0.485. The molecule has 2 aromatic rings. The number of amides is 2. The summed E-state index contributed by atoms with van der Waals surface area (Å²) in [5, 5.41) is 5.25. The van der Waals surface area contributed by atoms with Crippen molar-refractivity contribution in [3.05, 3.63) is 41.2 Å². The molecule has 3 rings (SSSR count). The molecule has 6 nitrogen and oxygen atoms in total. The number of aromatic nitrogens is 2. The van der Waals surface area contributed by atoms with Crippen LogP contribution in [0, 0.1) is 6.92 Å². The van der Waals surface area contributed by atoms with E-state index in [0.717, 1.165) is 18.5 Å². The second kappa shape index (κ2) is 6.23. The van der Waals surface area contributed by atoms with Crippen LogP contribution >= 0.6 is 11.3 Å². The Bertz CT molecular complexity index is 682. The van der Waals surface area contributed by atoms with Gasteiger partial charge in [0, 0.05) is 17.6 Å². The third-order valence-electron chi connectivity index (χ3n) is 3.29. The number of carbonyl (C=O) groups is 2. The van der Waals surface area contributed by atoms with Crippen molar-refractivity contribution in [2.45, 2.75) is 25.8 Å². The molecular weight excluding hydrogens is 300 g/mol. The van der Waals surface area contributed by atoms with E-state index >= 15 is 0 Å². The molecule has 0 aliphatic heterocycles. The molecule has 2 aromatic heterocycles. The summed E-state index contributed by atoms with van der Waals surface area (Å²) in [6.45, 7) is 1.85. The molecule has 0 spiro atoms. The van der Waals surface area contributed by atoms with E-state index in [2.05, 4.69) is 15.3 Å². The minimum absolute atomic E-state index is 0.0511. The first-order valence-electron chi connectivity index (χ1n) is 7.08. The minimum Gasteiger partial charge on any atom is -0.342 e. The Morgan fingerprint density at radius 1 is 1.41 bits per heavy atom. The maximum atomic E-state index is 12.4. The molecule has 1 saturated carbocycles. The Morgan fingerprint density at radius 3 is 2.82 bits per heavy atom. The molecule has 0 saturated heterocycles. The lowest BCUT2D eigenvalue weighted by Crippen LogP contribution is -2.41. The number of thiazole rings is 1. The van der Waals surface area contributed by atoms with Gasteiger partial charge in [-0.25, -0.2) is 4.98 Å². The van der Waals surface area contributed by atoms with Crippen molar-refractivity contribution >= 4 is 28.3 Å². The Kier molecular flexibility index (Phi) is 4.15. The Labute approximate surface area is 132 Å². The van der Waals surface area contributed by atoms with Crippen LogP contribution in [0.3, 0.4) is 0 Å². The van der Waals surface area contributed by atoms with Gasteiger partial charge in [0.05, 0.1) is 12.2 Å². The average Bonchev–Trinajstić information content (AvgIpc) is 3.27. The first-order valence-corrected chi connectivity index (χ1v) is 7.96. The van der Waals surface area contributed by atoms with Gasteiger partial charge in [-0.3, -0.25) is 19.5 Å². The Hall–Kier alpha value is -2.28. The number of hydrogen-bond donors (Lipinski definition) is 1. The number of hydrogen-bond acceptors (Lipinski definition) is 5. The second-order valence-corrected chi connectivity index (χ2v) is 6.00. The number of nitrogens with zero attached hydrogens (tertiary/aromatic N) is 3. The van der Waals surface area contributed by atoms with E-state index in [0.29, 0.717) is 10.8 Å². The molecule has 2 amide bonds. The highest BCUT2D eigenvalue weighted by molar-refractivity contribution is 7.14. The Balaban J connectivity index is 1.64. The fourth-order valence-electron chi connectivity index (χ4n) is 2.08. The summed E-state index contributed by atoms with van der Waals surface area (Å²) < 4.78 is 0. The highest BCUT2D eigenvalue weighted by Crippen LogP contribution is 2.33. The fraction of sp³-hybridized carbons (Fsp3) is 0.333. The molecule has 0 atom stereocenters. The average molecular weight is 316 g/mol. The van der Waals surface area contributed by atoms with E-state index < -0.39 is 0 Å². The number of aryl methyl sites for hydroxylation is 1. The first kappa shape index (κ1) is 14.6. The standard InChI is InChI=1S/C15H16N4O2S/c1-10-9-22-15(18-10)19(11-5-6-11)13(20)8-17-14(21)12-4-2-3-7-16-12/h2-4,7,9,11H,5-6,8H2,1H3,(H,17,21). The SMILES string of the molecule is Cc1csc(N(C(=O)CNC(=O)c2ccccn2)C2CC2)n1. The number of pyridine rings is 1. The highest BCUT2D eigenvalue weighted by atomic mass is 32.1. The molecule has 0 aromatic carbocycles. The van der Waals surface area contributed by atoms with Crippen LogP contribution in [0.25, 0.3) is 0 Å². The van der Waals surface area contributed by atoms with E-state index in [1.54, 1.807) is 29.3 Å². The number of rotatable bonds is 5. The van der Waals surface area contributed by atoms with Gasteiger partial charge in [-0.05, 0) is 31.9 Å². The van der Waals surface area contributed by atoms with E-state index in [4.69, 9.17) is 0 Å². The topological polar surface area (TPSA) is 75.2 Å². The molecule has 22 heavy (non-hydrogen) atoms. The summed E-state index contributed by atoms with van der Waals surface area (Å²) >= 11 is 1.45. The van der Waals surface area contributed by atoms with E-state index in [1.807, 2.05) is 12.3 Å². The predicted molar refractivity (Wildman–Crippen MR) is 83.9 cm³/mol. The number of anilines is 1. The van der Waals surface area contributed by atoms with Gasteiger partial charge in [0.2, 0.25) is 5.91 Å². The van der Waals surface area contributed by atoms with Crippen molar-refractivity contribution in [3.63, 3.8) is 0 Å². The van der Waals surface area contributed by atoms with Crippen molar-refractivity contribution in [1.82, 2.24) is 15.3 Å². The lowest BCUT2D eigenvalue weighted by molar-refractivity contribution is -0.117. The van der Waals surface area contributed by atoms with Gasteiger partial charge in [0.15, 0.2) is 5.13 Å². The van der Waals surface area contributed by atoms with Gasteiger partial charge >= 0.3 is 0 Å². The van der Waals surface area contributed by atoms with Gasteiger partial charge < -0.3 is 5.32 Å². The molecule has 0 unspecified atom stereocenters. The van der Waals surface area contributed by atoms with Gasteiger partial charge in [-0.15, -0.1) is 11.3 Å². The third kappa shape index (κ3) is 3.30. The second-order valence-electron chi connectivity index (χ2n) is 5.16. The van der Waals surface area contributed by atoms with E-state index in [-0.39, 0.29) is 24.4 Å². The molecule has 0 radical (unpaired) electrons. The monoisotopic (exact) mass is 316 g/mol. The molecule has 1 aliphatic carbocycles. The van der Waals surface area contributed by atoms with E-state index in [1.165, 1.54) is 11.3 Å². The largest absolute Gasteiger partial charge is 0.342 e. The zero-order valence-corrected chi connectivity index (χ0v) is 13.0. The lowest BCUT2D eigenvalue weighted by atomic mass is 10.3. The van der Waals surface area contributed by atoms with Crippen LogP contribution in [0.4, 0.5) is 5.13 Å². The first-order chi connectivity index (χ1) is 10.6. The van der Waals surface area contributed by atoms with Gasteiger partial charge in [-0.1, -0.05) is 6.07 Å². The van der Waals surface area contributed by atoms with Gasteiger partial charge in [0.25, 0.3) is 5.91 Å². The normalized spacial score (nSPS) is 13.7. The summed E-state index contributed by atoms with van der Waals surface area (Å²) in [7, 11) is 0. The van der Waals surface area contributed by atoms with Crippen LogP contribution in [0.2, 0.25) is 0 Å². The maximum absolute atomic E-state index is 12.4. The molecule has 1 fully saturated rings. The summed E-state index contributed by atoms with van der Waals surface area (Å²) in [6.07, 6.45) is 3.52. The number of carbonyl (C=O) groups excluding carboxylic acids is 2. The van der Waals surface area contributed by atoms with Crippen molar-refractivity contribution < 1.29 is 9.59 Å². The molecule has 1 N–H and O–H groups in total. The van der Waals surface area contributed by atoms with Crippen molar-refractivity contribution in [2.75, 3.05) is 11.4 Å². The third-order valence-corrected chi connectivity index (χ3v) is 4.25. The molecule has 2 heterocycles. The molecule has 114 valence electrons. The van der Waals surface area contributed by atoms with Gasteiger partial charge in [0.1, 0.15) is 5.69 Å². The number of nitrogens with one attached hydrogen (secondary N) is 1. The van der Waals surface area contributed by atoms with Crippen LogP contribution in [0.1, 0.15) is 29.0 Å². The zero-order valence-electron chi connectivity index (χ0n) is 12.2. The van der Waals surface area contributed by atoms with Crippen molar-refractivity contribution in [2.24, 2.45) is 0 Å². The summed E-state index contributed by atoms with van der Waals surface area (Å²) in [6, 6.07) is 5.30. The van der Waals surface area contributed by atoms with E-state index in [9.17, 15) is 9.59 Å². The fourth-order valence-corrected chi connectivity index (χ4v) is 2.97. The Morgan fingerprint density at radius 2 is 2.23 bits per heavy atom. The van der Waals surface area contributed by atoms with Gasteiger partial charge in [-0.2, -0.15) is 0 Å². The van der Waals surface area contributed by atoms with Crippen molar-refractivity contribution in [1.29, 1.82) is 0 Å². The van der Waals surface area contributed by atoms with Crippen LogP contribution < -0.4 is 10.2 Å². The minimum atomic E-state index is -0.347. The summed E-state index contributed by atoms with van der Waals surface area (Å²) in [4.78, 5) is 34.4.